The van der Waals surface area contributed by atoms with Crippen LogP contribution in [0.3, 0.4) is 0 Å². The lowest BCUT2D eigenvalue weighted by Gasteiger charge is -2.25. The molecule has 0 N–H and O–H groups in total. The van der Waals surface area contributed by atoms with Crippen LogP contribution in [0, 0.1) is 0 Å². The van der Waals surface area contributed by atoms with Crippen molar-refractivity contribution >= 4 is 8.58 Å². The Morgan fingerprint density at radius 2 is 1.05 bits per heavy atom. The second kappa shape index (κ2) is 20.0. The third-order valence-corrected chi connectivity index (χ3v) is 9.32. The smallest absolute Gasteiger partial charge is 0.115 e. The molecule has 0 amide bonds. The normalized spacial score (nSPS) is 20.5. The Balaban J connectivity index is 1.35. The molecular weight excluding hydrogens is 539 g/mol. The Morgan fingerprint density at radius 1 is 0.571 bits per heavy atom. The van der Waals surface area contributed by atoms with Gasteiger partial charge in [-0.05, 0) is 35.4 Å². The van der Waals surface area contributed by atoms with Gasteiger partial charge >= 0.3 is 0 Å². The molecule has 3 aromatic rings. The molecule has 4 nitrogen and oxygen atoms in total. The lowest BCUT2D eigenvalue weighted by molar-refractivity contribution is -0.0897. The van der Waals surface area contributed by atoms with Crippen molar-refractivity contribution in [3.8, 4) is 0 Å². The van der Waals surface area contributed by atoms with Crippen LogP contribution in [0.2, 0.25) is 0 Å². The molecular formula is C37H51O4P. The van der Waals surface area contributed by atoms with Crippen LogP contribution in [0.25, 0.3) is 0 Å². The maximum Gasteiger partial charge on any atom is 0.115 e. The van der Waals surface area contributed by atoms with E-state index in [1.54, 1.807) is 0 Å². The van der Waals surface area contributed by atoms with Gasteiger partial charge in [0.2, 0.25) is 0 Å². The van der Waals surface area contributed by atoms with Gasteiger partial charge in [-0.25, -0.2) is 0 Å². The summed E-state index contributed by atoms with van der Waals surface area (Å²) in [6.45, 7) is 4.41. The van der Waals surface area contributed by atoms with E-state index in [9.17, 15) is 0 Å². The molecule has 1 fully saturated rings. The van der Waals surface area contributed by atoms with Gasteiger partial charge in [-0.3, -0.25) is 0 Å². The number of hydrogen-bond donors (Lipinski definition) is 0. The maximum atomic E-state index is 6.72. The van der Waals surface area contributed by atoms with Crippen LogP contribution >= 0.6 is 8.58 Å². The van der Waals surface area contributed by atoms with Crippen LogP contribution in [0.15, 0.2) is 91.0 Å². The van der Waals surface area contributed by atoms with Gasteiger partial charge in [0.25, 0.3) is 0 Å². The van der Waals surface area contributed by atoms with Crippen molar-refractivity contribution < 1.29 is 18.9 Å². The average Bonchev–Trinajstić information content (AvgIpc) is 3.37. The van der Waals surface area contributed by atoms with Gasteiger partial charge < -0.3 is 18.9 Å². The molecule has 1 heterocycles. The number of hydrogen-bond acceptors (Lipinski definition) is 4. The molecule has 1 saturated heterocycles. The van der Waals surface area contributed by atoms with Crippen LogP contribution in [0.4, 0.5) is 0 Å². The lowest BCUT2D eigenvalue weighted by Crippen LogP contribution is -2.39. The lowest BCUT2D eigenvalue weighted by atomic mass is 10.1. The van der Waals surface area contributed by atoms with E-state index < -0.39 is 0 Å². The van der Waals surface area contributed by atoms with Crippen LogP contribution < -0.4 is 0 Å². The maximum absolute atomic E-state index is 6.72. The summed E-state index contributed by atoms with van der Waals surface area (Å²) in [6, 6.07) is 31.1. The molecule has 0 bridgehead atoms. The molecule has 5 atom stereocenters. The molecule has 0 spiro atoms. The number of rotatable bonds is 21. The molecule has 0 radical (unpaired) electrons. The monoisotopic (exact) mass is 590 g/mol. The Kier molecular flexibility index (Phi) is 15.6. The molecule has 0 aliphatic carbocycles. The molecule has 42 heavy (non-hydrogen) atoms. The Morgan fingerprint density at radius 3 is 1.60 bits per heavy atom. The van der Waals surface area contributed by atoms with Crippen molar-refractivity contribution in [3.05, 3.63) is 108 Å². The second-order valence-corrected chi connectivity index (χ2v) is 12.8. The predicted molar refractivity (Wildman–Crippen MR) is 175 cm³/mol. The molecule has 3 aromatic carbocycles. The zero-order valence-corrected chi connectivity index (χ0v) is 26.5. The van der Waals surface area contributed by atoms with E-state index in [1.165, 1.54) is 63.1 Å². The van der Waals surface area contributed by atoms with E-state index in [0.29, 0.717) is 26.4 Å². The Labute approximate surface area is 256 Å². The summed E-state index contributed by atoms with van der Waals surface area (Å²) >= 11 is 0. The molecule has 4 rings (SSSR count). The molecule has 0 saturated carbocycles. The fraction of sp³-hybridized carbons (Fsp3) is 0.514. The van der Waals surface area contributed by atoms with Crippen molar-refractivity contribution in [1.29, 1.82) is 0 Å². The van der Waals surface area contributed by atoms with Crippen LogP contribution in [0.1, 0.15) is 75.0 Å². The fourth-order valence-electron chi connectivity index (χ4n) is 5.53. The standard InChI is InChI=1S/C37H51O4P/c1-2-3-4-5-6-7-8-18-25-42-30-35-37(40-28-33-23-16-11-17-24-33)36(39-27-32-21-14-10-15-22-32)34(41-35)29-38-26-31-19-12-9-13-20-31/h9-17,19-24,34-37,42H,2-8,18,25-30H2,1H3/t34-,35+,36-,37-/m1/s1. The quantitative estimate of drug-likeness (QED) is 0.0917. The Bertz CT molecular complexity index is 1060. The van der Waals surface area contributed by atoms with Crippen molar-refractivity contribution in [2.45, 2.75) is 103 Å². The van der Waals surface area contributed by atoms with Gasteiger partial charge in [0.1, 0.15) is 18.3 Å². The van der Waals surface area contributed by atoms with E-state index in [1.807, 2.05) is 30.3 Å². The van der Waals surface area contributed by atoms with Crippen LogP contribution in [0.5, 0.6) is 0 Å². The van der Waals surface area contributed by atoms with Crippen molar-refractivity contribution in [2.75, 3.05) is 18.9 Å². The van der Waals surface area contributed by atoms with Crippen molar-refractivity contribution in [1.82, 2.24) is 0 Å². The SMILES string of the molecule is CCCCCCCCCCPC[C@@H]1O[C@H](COCc2ccccc2)[C@@H](OCc2ccccc2)[C@@H]1OCc1ccccc1. The van der Waals surface area contributed by atoms with E-state index in [0.717, 1.165) is 25.9 Å². The summed E-state index contributed by atoms with van der Waals surface area (Å²) in [5, 5.41) is 0. The van der Waals surface area contributed by atoms with Crippen molar-refractivity contribution in [3.63, 3.8) is 0 Å². The summed E-state index contributed by atoms with van der Waals surface area (Å²) in [4.78, 5) is 0. The fourth-order valence-corrected chi connectivity index (χ4v) is 6.85. The van der Waals surface area contributed by atoms with E-state index >= 15 is 0 Å². The first-order valence-electron chi connectivity index (χ1n) is 16.1. The zero-order chi connectivity index (χ0) is 29.1. The first-order valence-corrected chi connectivity index (χ1v) is 17.5. The second-order valence-electron chi connectivity index (χ2n) is 11.4. The minimum absolute atomic E-state index is 0.00666. The van der Waals surface area contributed by atoms with Gasteiger partial charge in [0, 0.05) is 0 Å². The third kappa shape index (κ3) is 11.9. The van der Waals surface area contributed by atoms with E-state index in [2.05, 4.69) is 67.6 Å². The number of benzene rings is 3. The highest BCUT2D eigenvalue weighted by atomic mass is 31.1. The molecule has 228 valence electrons. The summed E-state index contributed by atoms with van der Waals surface area (Å²) in [7, 11) is 0.868. The molecule has 1 unspecified atom stereocenters. The molecule has 1 aliphatic rings. The first kappa shape index (κ1) is 32.8. The van der Waals surface area contributed by atoms with Crippen LogP contribution in [-0.2, 0) is 38.8 Å². The van der Waals surface area contributed by atoms with E-state index in [4.69, 9.17) is 18.9 Å². The zero-order valence-electron chi connectivity index (χ0n) is 25.5. The largest absolute Gasteiger partial charge is 0.374 e. The van der Waals surface area contributed by atoms with Gasteiger partial charge in [0.05, 0.1) is 32.5 Å². The predicted octanol–water partition coefficient (Wildman–Crippen LogP) is 8.96. The average molecular weight is 591 g/mol. The third-order valence-electron chi connectivity index (χ3n) is 7.92. The number of ether oxygens (including phenoxy) is 4. The van der Waals surface area contributed by atoms with Crippen LogP contribution in [-0.4, -0.2) is 43.3 Å². The van der Waals surface area contributed by atoms with Gasteiger partial charge in [0.15, 0.2) is 0 Å². The highest BCUT2D eigenvalue weighted by Gasteiger charge is 2.46. The minimum Gasteiger partial charge on any atom is -0.374 e. The van der Waals surface area contributed by atoms with E-state index in [-0.39, 0.29) is 24.4 Å². The molecule has 1 aliphatic heterocycles. The van der Waals surface area contributed by atoms with Gasteiger partial charge in [-0.1, -0.05) is 143 Å². The van der Waals surface area contributed by atoms with Gasteiger partial charge in [-0.2, -0.15) is 0 Å². The Hall–Kier alpha value is -2.07. The number of unbranched alkanes of at least 4 members (excludes halogenated alkanes) is 7. The summed E-state index contributed by atoms with van der Waals surface area (Å²) < 4.78 is 26.2. The van der Waals surface area contributed by atoms with Crippen molar-refractivity contribution in [2.24, 2.45) is 0 Å². The summed E-state index contributed by atoms with van der Waals surface area (Å²) in [5.41, 5.74) is 3.49. The van der Waals surface area contributed by atoms with Gasteiger partial charge in [-0.15, -0.1) is 8.58 Å². The molecule has 0 aromatic heterocycles. The minimum atomic E-state index is -0.192. The summed E-state index contributed by atoms with van der Waals surface area (Å²) in [6.07, 6.45) is 12.7. The summed E-state index contributed by atoms with van der Waals surface area (Å²) in [5.74, 6) is 0. The highest BCUT2D eigenvalue weighted by Crippen LogP contribution is 2.33. The molecule has 5 heteroatoms. The topological polar surface area (TPSA) is 36.9 Å². The first-order chi connectivity index (χ1) is 20.8. The highest BCUT2D eigenvalue weighted by molar-refractivity contribution is 7.38.